The fraction of sp³-hybridized carbons (Fsp3) is 0.125. The third-order valence-corrected chi connectivity index (χ3v) is 5.21. The second kappa shape index (κ2) is 10.2. The maximum atomic E-state index is 14.8. The van der Waals surface area contributed by atoms with E-state index < -0.39 is 17.2 Å². The van der Waals surface area contributed by atoms with Gasteiger partial charge in [-0.2, -0.15) is 10.2 Å². The summed E-state index contributed by atoms with van der Waals surface area (Å²) in [5.74, 6) is -0.833. The van der Waals surface area contributed by atoms with Crippen molar-refractivity contribution in [2.24, 2.45) is 0 Å². The van der Waals surface area contributed by atoms with Gasteiger partial charge in [-0.3, -0.25) is 4.57 Å². The summed E-state index contributed by atoms with van der Waals surface area (Å²) < 4.78 is 22.5. The molecule has 0 fully saturated rings. The third-order valence-electron chi connectivity index (χ3n) is 4.96. The molecule has 0 bridgehead atoms. The van der Waals surface area contributed by atoms with E-state index in [0.717, 1.165) is 16.2 Å². The number of halogens is 2. The molecule has 2 heterocycles. The summed E-state index contributed by atoms with van der Waals surface area (Å²) in [6.45, 7) is 1.92. The Kier molecular flexibility index (Phi) is 6.89. The Morgan fingerprint density at radius 1 is 1.09 bits per heavy atom. The van der Waals surface area contributed by atoms with Crippen LogP contribution in [0.15, 0.2) is 70.3 Å². The number of hydrogen-bond acceptors (Lipinski definition) is 7. The zero-order valence-corrected chi connectivity index (χ0v) is 19.2. The largest absolute Gasteiger partial charge is 0.436 e. The van der Waals surface area contributed by atoms with Crippen molar-refractivity contribution in [2.45, 2.75) is 20.0 Å². The van der Waals surface area contributed by atoms with Crippen molar-refractivity contribution < 1.29 is 9.13 Å². The van der Waals surface area contributed by atoms with Crippen molar-refractivity contribution in [1.29, 1.82) is 5.26 Å². The molecule has 1 N–H and O–H groups in total. The van der Waals surface area contributed by atoms with Gasteiger partial charge in [-0.1, -0.05) is 29.8 Å². The molecule has 0 aliphatic rings. The molecule has 0 radical (unpaired) electrons. The van der Waals surface area contributed by atoms with Gasteiger partial charge in [-0.15, -0.1) is 0 Å². The average molecular weight is 493 g/mol. The first-order valence-corrected chi connectivity index (χ1v) is 10.8. The topological polar surface area (TPSA) is 115 Å². The average Bonchev–Trinajstić information content (AvgIpc) is 2.85. The highest BCUT2D eigenvalue weighted by atomic mass is 35.5. The Labute approximate surface area is 203 Å². The van der Waals surface area contributed by atoms with E-state index in [1.54, 1.807) is 37.3 Å². The summed E-state index contributed by atoms with van der Waals surface area (Å²) >= 11 is 5.94. The van der Waals surface area contributed by atoms with E-state index >= 15 is 0 Å². The normalized spacial score (nSPS) is 10.6. The molecule has 35 heavy (non-hydrogen) atoms. The van der Waals surface area contributed by atoms with Gasteiger partial charge >= 0.3 is 11.4 Å². The summed E-state index contributed by atoms with van der Waals surface area (Å²) in [6.07, 6.45) is 0. The Balaban J connectivity index is 1.65. The lowest BCUT2D eigenvalue weighted by atomic mass is 10.2. The van der Waals surface area contributed by atoms with E-state index in [-0.39, 0.29) is 42.0 Å². The van der Waals surface area contributed by atoms with Crippen molar-refractivity contribution in [2.75, 3.05) is 5.32 Å². The molecule has 0 aliphatic carbocycles. The van der Waals surface area contributed by atoms with Crippen LogP contribution in [0.5, 0.6) is 11.6 Å². The monoisotopic (exact) mass is 492 g/mol. The summed E-state index contributed by atoms with van der Waals surface area (Å²) in [7, 11) is 0. The van der Waals surface area contributed by atoms with Crippen LogP contribution in [0.3, 0.4) is 0 Å². The number of hydrogen-bond donors (Lipinski definition) is 1. The molecule has 0 amide bonds. The molecule has 4 rings (SSSR count). The maximum absolute atomic E-state index is 14.8. The minimum Gasteiger partial charge on any atom is -0.436 e. The number of aromatic nitrogens is 4. The Bertz CT molecular complexity index is 1540. The summed E-state index contributed by atoms with van der Waals surface area (Å²) in [6, 6.07) is 17.3. The number of nitrogens with one attached hydrogen (secondary N) is 1. The molecular weight excluding hydrogens is 475 g/mol. The Morgan fingerprint density at radius 2 is 1.86 bits per heavy atom. The Hall–Kier alpha value is -4.49. The molecule has 0 atom stereocenters. The first-order valence-electron chi connectivity index (χ1n) is 10.5. The highest BCUT2D eigenvalue weighted by Crippen LogP contribution is 2.27. The molecular formula is C24H18ClFN6O3. The molecule has 4 aromatic rings. The number of pyridine rings is 1. The lowest BCUT2D eigenvalue weighted by Gasteiger charge is -2.15. The van der Waals surface area contributed by atoms with Crippen LogP contribution < -0.4 is 21.4 Å². The van der Waals surface area contributed by atoms with E-state index in [1.165, 1.54) is 28.8 Å². The highest BCUT2D eigenvalue weighted by Gasteiger charge is 2.15. The van der Waals surface area contributed by atoms with Crippen LogP contribution in [0.2, 0.25) is 5.02 Å². The minimum atomic E-state index is -0.729. The minimum absolute atomic E-state index is 0.0453. The highest BCUT2D eigenvalue weighted by molar-refractivity contribution is 6.30. The quantitative estimate of drug-likeness (QED) is 0.413. The van der Waals surface area contributed by atoms with Gasteiger partial charge in [-0.05, 0) is 42.8 Å². The lowest BCUT2D eigenvalue weighted by molar-refractivity contribution is 0.427. The van der Waals surface area contributed by atoms with Crippen LogP contribution in [-0.4, -0.2) is 19.1 Å². The number of benzene rings is 2. The molecule has 0 saturated carbocycles. The van der Waals surface area contributed by atoms with Gasteiger partial charge in [0.05, 0.1) is 6.54 Å². The van der Waals surface area contributed by atoms with E-state index in [4.69, 9.17) is 21.6 Å². The van der Waals surface area contributed by atoms with E-state index in [9.17, 15) is 14.0 Å². The first-order chi connectivity index (χ1) is 16.9. The molecule has 11 heteroatoms. The third kappa shape index (κ3) is 5.37. The zero-order valence-electron chi connectivity index (χ0n) is 18.4. The van der Waals surface area contributed by atoms with E-state index in [2.05, 4.69) is 15.3 Å². The van der Waals surface area contributed by atoms with Gasteiger partial charge in [0, 0.05) is 29.4 Å². The van der Waals surface area contributed by atoms with Gasteiger partial charge in [0.15, 0.2) is 11.6 Å². The molecule has 0 aliphatic heterocycles. The van der Waals surface area contributed by atoms with Gasteiger partial charge in [0.1, 0.15) is 11.8 Å². The predicted molar refractivity (Wildman–Crippen MR) is 128 cm³/mol. The van der Waals surface area contributed by atoms with Crippen LogP contribution in [0.25, 0.3) is 0 Å². The summed E-state index contributed by atoms with van der Waals surface area (Å²) in [4.78, 5) is 33.3. The molecule has 0 unspecified atom stereocenters. The fourth-order valence-electron chi connectivity index (χ4n) is 3.25. The fourth-order valence-corrected chi connectivity index (χ4v) is 3.37. The number of nitrogens with zero attached hydrogens (tertiary/aromatic N) is 5. The lowest BCUT2D eigenvalue weighted by Crippen LogP contribution is -2.42. The summed E-state index contributed by atoms with van der Waals surface area (Å²) in [5.41, 5.74) is -0.165. The van der Waals surface area contributed by atoms with Gasteiger partial charge in [0.2, 0.25) is 11.8 Å². The van der Waals surface area contributed by atoms with Crippen molar-refractivity contribution in [1.82, 2.24) is 19.1 Å². The maximum Gasteiger partial charge on any atom is 0.354 e. The zero-order chi connectivity index (χ0) is 24.9. The van der Waals surface area contributed by atoms with Crippen LogP contribution >= 0.6 is 11.6 Å². The second-order valence-corrected chi connectivity index (χ2v) is 7.74. The van der Waals surface area contributed by atoms with Crippen LogP contribution in [-0.2, 0) is 13.1 Å². The van der Waals surface area contributed by atoms with Crippen molar-refractivity contribution >= 4 is 23.2 Å². The van der Waals surface area contributed by atoms with Gasteiger partial charge < -0.3 is 10.1 Å². The van der Waals surface area contributed by atoms with E-state index in [0.29, 0.717) is 5.02 Å². The number of rotatable bonds is 7. The molecule has 176 valence electrons. The number of ether oxygens (including phenoxy) is 1. The van der Waals surface area contributed by atoms with Crippen LogP contribution in [0.1, 0.15) is 18.2 Å². The Morgan fingerprint density at radius 3 is 2.54 bits per heavy atom. The molecule has 2 aromatic heterocycles. The van der Waals surface area contributed by atoms with Crippen molar-refractivity contribution in [3.63, 3.8) is 0 Å². The van der Waals surface area contributed by atoms with Crippen molar-refractivity contribution in [3.05, 3.63) is 104 Å². The number of nitriles is 1. The van der Waals surface area contributed by atoms with Gasteiger partial charge in [-0.25, -0.2) is 23.5 Å². The first kappa shape index (κ1) is 23.7. The number of anilines is 2. The standard InChI is InChI=1S/C24H18ClFN6O3/c1-2-31-23(33)30-22(32(24(31)34)14-15-6-8-16(25)9-7-15)29-17-10-11-20(19(26)12-17)35-21-5-3-4-18(13-27)28-21/h3-12H,2,14H2,1H3,(H,29,30,33). The molecule has 0 saturated heterocycles. The van der Waals surface area contributed by atoms with E-state index in [1.807, 2.05) is 6.07 Å². The summed E-state index contributed by atoms with van der Waals surface area (Å²) in [5, 5.41) is 12.3. The second-order valence-electron chi connectivity index (χ2n) is 7.30. The van der Waals surface area contributed by atoms with Gasteiger partial charge in [0.25, 0.3) is 0 Å². The molecule has 2 aromatic carbocycles. The van der Waals surface area contributed by atoms with Crippen LogP contribution in [0, 0.1) is 17.1 Å². The van der Waals surface area contributed by atoms with Crippen LogP contribution in [0.4, 0.5) is 16.0 Å². The van der Waals surface area contributed by atoms with Crippen molar-refractivity contribution in [3.8, 4) is 17.7 Å². The smallest absolute Gasteiger partial charge is 0.354 e. The molecule has 0 spiro atoms. The molecule has 9 nitrogen and oxygen atoms in total. The predicted octanol–water partition coefficient (Wildman–Crippen LogP) is 4.07. The SMILES string of the molecule is CCn1c(=O)nc(Nc2ccc(Oc3cccc(C#N)n3)c(F)c2)n(Cc2ccc(Cl)cc2)c1=O.